The predicted molar refractivity (Wildman–Crippen MR) is 111 cm³/mol. The molecule has 0 bridgehead atoms. The van der Waals surface area contributed by atoms with Crippen molar-refractivity contribution in [3.63, 3.8) is 0 Å². The molecule has 2 aliphatic rings. The number of amides is 1. The normalized spacial score (nSPS) is 15.2. The summed E-state index contributed by atoms with van der Waals surface area (Å²) in [6, 6.07) is 5.33. The second-order valence-corrected chi connectivity index (χ2v) is 8.39. The first-order valence-corrected chi connectivity index (χ1v) is 10.7. The van der Waals surface area contributed by atoms with Crippen LogP contribution in [0.15, 0.2) is 23.0 Å². The van der Waals surface area contributed by atoms with Gasteiger partial charge in [-0.1, -0.05) is 0 Å². The fraction of sp³-hybridized carbons (Fsp3) is 0.381. The number of aromatic nitrogens is 2. The molecule has 3 heterocycles. The van der Waals surface area contributed by atoms with Gasteiger partial charge in [-0.15, -0.1) is 11.3 Å². The highest BCUT2D eigenvalue weighted by atomic mass is 32.1. The van der Waals surface area contributed by atoms with Crippen LogP contribution in [0.2, 0.25) is 0 Å². The summed E-state index contributed by atoms with van der Waals surface area (Å²) in [5.41, 5.74) is 1.74. The number of ether oxygens (including phenoxy) is 2. The second kappa shape index (κ2) is 7.51. The summed E-state index contributed by atoms with van der Waals surface area (Å²) in [6.45, 7) is 1.03. The van der Waals surface area contributed by atoms with E-state index in [-0.39, 0.29) is 17.9 Å². The minimum atomic E-state index is -0.144. The first-order chi connectivity index (χ1) is 14.2. The molecule has 5 rings (SSSR count). The van der Waals surface area contributed by atoms with Crippen molar-refractivity contribution >= 4 is 33.1 Å². The fourth-order valence-electron chi connectivity index (χ4n) is 3.90. The average molecular weight is 411 g/mol. The quantitative estimate of drug-likeness (QED) is 0.688. The number of thiophene rings is 1. The lowest BCUT2D eigenvalue weighted by Crippen LogP contribution is -2.17. The monoisotopic (exact) mass is 411 g/mol. The Morgan fingerprint density at radius 1 is 1.17 bits per heavy atom. The summed E-state index contributed by atoms with van der Waals surface area (Å²) in [6.07, 6.45) is 4.89. The van der Waals surface area contributed by atoms with Crippen LogP contribution in [-0.4, -0.2) is 29.1 Å². The molecule has 0 saturated heterocycles. The molecule has 3 aromatic rings. The fourth-order valence-corrected chi connectivity index (χ4v) is 5.18. The van der Waals surface area contributed by atoms with Crippen LogP contribution in [0.4, 0.5) is 5.69 Å². The molecule has 1 aliphatic heterocycles. The summed E-state index contributed by atoms with van der Waals surface area (Å²) in [5, 5.41) is 3.61. The molecule has 0 radical (unpaired) electrons. The van der Waals surface area contributed by atoms with Gasteiger partial charge in [-0.3, -0.25) is 9.59 Å². The Hall–Kier alpha value is -2.87. The molecule has 1 amide bonds. The Bertz CT molecular complexity index is 1150. The molecular weight excluding hydrogens is 390 g/mol. The van der Waals surface area contributed by atoms with Gasteiger partial charge in [0.25, 0.3) is 5.56 Å². The van der Waals surface area contributed by atoms with Gasteiger partial charge in [-0.2, -0.15) is 0 Å². The van der Waals surface area contributed by atoms with E-state index in [1.54, 1.807) is 29.5 Å². The number of fused-ring (bicyclic) bond motifs is 4. The molecule has 29 heavy (non-hydrogen) atoms. The van der Waals surface area contributed by atoms with Crippen LogP contribution >= 0.6 is 11.3 Å². The van der Waals surface area contributed by atoms with Crippen molar-refractivity contribution in [3.05, 3.63) is 44.8 Å². The molecule has 0 atom stereocenters. The zero-order chi connectivity index (χ0) is 19.8. The molecular formula is C21H21N3O4S. The van der Waals surface area contributed by atoms with Crippen LogP contribution in [-0.2, 0) is 24.1 Å². The minimum absolute atomic E-state index is 0.0864. The van der Waals surface area contributed by atoms with Crippen LogP contribution in [0, 0.1) is 0 Å². The summed E-state index contributed by atoms with van der Waals surface area (Å²) >= 11 is 1.62. The third-order valence-electron chi connectivity index (χ3n) is 5.29. The van der Waals surface area contributed by atoms with E-state index < -0.39 is 0 Å². The van der Waals surface area contributed by atoms with Crippen molar-refractivity contribution in [3.8, 4) is 11.5 Å². The molecule has 0 spiro atoms. The second-order valence-electron chi connectivity index (χ2n) is 7.31. The van der Waals surface area contributed by atoms with Crippen LogP contribution < -0.4 is 20.3 Å². The SMILES string of the molecule is O=C(CCc1nc2sc3c(c2c(=O)[nH]1)CCCC3)Nc1ccc2c(c1)OCCO2. The van der Waals surface area contributed by atoms with Gasteiger partial charge < -0.3 is 19.8 Å². The van der Waals surface area contributed by atoms with Crippen molar-refractivity contribution in [2.75, 3.05) is 18.5 Å². The molecule has 0 fully saturated rings. The molecule has 2 N–H and O–H groups in total. The number of hydrogen-bond acceptors (Lipinski definition) is 6. The van der Waals surface area contributed by atoms with E-state index >= 15 is 0 Å². The van der Waals surface area contributed by atoms with Gasteiger partial charge in [0.15, 0.2) is 11.5 Å². The van der Waals surface area contributed by atoms with Crippen LogP contribution in [0.1, 0.15) is 35.5 Å². The largest absolute Gasteiger partial charge is 0.486 e. The number of nitrogens with zero attached hydrogens (tertiary/aromatic N) is 1. The number of nitrogens with one attached hydrogen (secondary N) is 2. The van der Waals surface area contributed by atoms with E-state index in [0.717, 1.165) is 29.5 Å². The van der Waals surface area contributed by atoms with E-state index in [1.807, 2.05) is 0 Å². The molecule has 7 nitrogen and oxygen atoms in total. The highest BCUT2D eigenvalue weighted by Crippen LogP contribution is 2.34. The Kier molecular flexibility index (Phi) is 4.71. The van der Waals surface area contributed by atoms with Gasteiger partial charge in [0.1, 0.15) is 23.9 Å². The van der Waals surface area contributed by atoms with Crippen molar-refractivity contribution in [2.24, 2.45) is 0 Å². The maximum absolute atomic E-state index is 12.6. The van der Waals surface area contributed by atoms with E-state index in [4.69, 9.17) is 9.47 Å². The molecule has 8 heteroatoms. The number of anilines is 1. The van der Waals surface area contributed by atoms with E-state index in [1.165, 1.54) is 16.9 Å². The van der Waals surface area contributed by atoms with Gasteiger partial charge in [0.05, 0.1) is 5.39 Å². The average Bonchev–Trinajstić information content (AvgIpc) is 3.11. The van der Waals surface area contributed by atoms with E-state index in [2.05, 4.69) is 15.3 Å². The maximum atomic E-state index is 12.6. The predicted octanol–water partition coefficient (Wildman–Crippen LogP) is 3.21. The number of benzene rings is 1. The van der Waals surface area contributed by atoms with Crippen molar-refractivity contribution in [1.29, 1.82) is 0 Å². The summed E-state index contributed by atoms with van der Waals surface area (Å²) in [4.78, 5) is 34.5. The van der Waals surface area contributed by atoms with Crippen LogP contribution in [0.25, 0.3) is 10.2 Å². The molecule has 150 valence electrons. The van der Waals surface area contributed by atoms with Gasteiger partial charge >= 0.3 is 0 Å². The van der Waals surface area contributed by atoms with Crippen LogP contribution in [0.3, 0.4) is 0 Å². The number of aryl methyl sites for hydroxylation is 3. The number of aromatic amines is 1. The Morgan fingerprint density at radius 3 is 2.90 bits per heavy atom. The molecule has 0 saturated carbocycles. The van der Waals surface area contributed by atoms with Crippen molar-refractivity contribution in [1.82, 2.24) is 9.97 Å². The number of carbonyl (C=O) groups is 1. The lowest BCUT2D eigenvalue weighted by Gasteiger charge is -2.19. The van der Waals surface area contributed by atoms with E-state index in [0.29, 0.717) is 42.6 Å². The highest BCUT2D eigenvalue weighted by molar-refractivity contribution is 7.18. The molecule has 0 unspecified atom stereocenters. The Morgan fingerprint density at radius 2 is 2.00 bits per heavy atom. The van der Waals surface area contributed by atoms with Crippen LogP contribution in [0.5, 0.6) is 11.5 Å². The zero-order valence-electron chi connectivity index (χ0n) is 15.9. The lowest BCUT2D eigenvalue weighted by atomic mass is 9.97. The number of rotatable bonds is 4. The summed E-state index contributed by atoms with van der Waals surface area (Å²) < 4.78 is 11.0. The van der Waals surface area contributed by atoms with Gasteiger partial charge in [0.2, 0.25) is 5.91 Å². The highest BCUT2D eigenvalue weighted by Gasteiger charge is 2.20. The topological polar surface area (TPSA) is 93.3 Å². The number of carbonyl (C=O) groups excluding carboxylic acids is 1. The maximum Gasteiger partial charge on any atom is 0.259 e. The first kappa shape index (κ1) is 18.2. The first-order valence-electron chi connectivity index (χ1n) is 9.90. The zero-order valence-corrected chi connectivity index (χ0v) is 16.7. The minimum Gasteiger partial charge on any atom is -0.486 e. The number of hydrogen-bond donors (Lipinski definition) is 2. The van der Waals surface area contributed by atoms with Crippen molar-refractivity contribution in [2.45, 2.75) is 38.5 Å². The Balaban J connectivity index is 1.28. The third-order valence-corrected chi connectivity index (χ3v) is 6.47. The molecule has 1 aromatic carbocycles. The Labute approximate surface area is 171 Å². The third kappa shape index (κ3) is 3.60. The van der Waals surface area contributed by atoms with Crippen molar-refractivity contribution < 1.29 is 14.3 Å². The number of H-pyrrole nitrogens is 1. The molecule has 2 aromatic heterocycles. The van der Waals surface area contributed by atoms with Gasteiger partial charge in [-0.05, 0) is 43.4 Å². The lowest BCUT2D eigenvalue weighted by molar-refractivity contribution is -0.116. The smallest absolute Gasteiger partial charge is 0.259 e. The summed E-state index contributed by atoms with van der Waals surface area (Å²) in [7, 11) is 0. The van der Waals surface area contributed by atoms with E-state index in [9.17, 15) is 9.59 Å². The van der Waals surface area contributed by atoms with Gasteiger partial charge in [0, 0.05) is 29.5 Å². The van der Waals surface area contributed by atoms with Gasteiger partial charge in [-0.25, -0.2) is 4.98 Å². The molecule has 1 aliphatic carbocycles. The standard InChI is InChI=1S/C21H21N3O4S/c25-18(22-12-5-6-14-15(11-12)28-10-9-27-14)8-7-17-23-20(26)19-13-3-1-2-4-16(13)29-21(19)24-17/h5-6,11H,1-4,7-10H2,(H,22,25)(H,23,24,26). The summed E-state index contributed by atoms with van der Waals surface area (Å²) in [5.74, 6) is 1.73.